The number of cyclic esters (lactones) is 1. The summed E-state index contributed by atoms with van der Waals surface area (Å²) in [5, 5.41) is 17.1. The van der Waals surface area contributed by atoms with E-state index in [-0.39, 0.29) is 28.8 Å². The molecule has 0 N–H and O–H groups in total. The van der Waals surface area contributed by atoms with Crippen LogP contribution in [0.25, 0.3) is 0 Å². The van der Waals surface area contributed by atoms with E-state index in [4.69, 9.17) is 4.74 Å². The Morgan fingerprint density at radius 2 is 1.97 bits per heavy atom. The van der Waals surface area contributed by atoms with E-state index in [1.165, 1.54) is 54.0 Å². The average Bonchev–Trinajstić information content (AvgIpc) is 3.08. The predicted octanol–water partition coefficient (Wildman–Crippen LogP) is 3.01. The molecule has 0 spiro atoms. The first-order valence-electron chi connectivity index (χ1n) is 8.86. The highest BCUT2D eigenvalue weighted by Gasteiger charge is 2.29. The SMILES string of the molecule is CCSC1=N/C(=C\C=C2/N=C(c3ccccc3[N+](=O)[O-])OC2=O)C(C)=NN1C(C)=O. The van der Waals surface area contributed by atoms with Gasteiger partial charge in [0.2, 0.25) is 11.8 Å². The Labute approximate surface area is 175 Å². The summed E-state index contributed by atoms with van der Waals surface area (Å²) in [6, 6.07) is 5.87. The molecule has 0 aromatic heterocycles. The first kappa shape index (κ1) is 21.1. The Balaban J connectivity index is 1.94. The van der Waals surface area contributed by atoms with Gasteiger partial charge in [-0.2, -0.15) is 10.1 Å². The Hall–Kier alpha value is -3.60. The number of nitro benzene ring substituents is 1. The number of hydrazone groups is 1. The Bertz CT molecular complexity index is 1090. The number of allylic oxidation sites excluding steroid dienone is 3. The van der Waals surface area contributed by atoms with Crippen LogP contribution in [-0.2, 0) is 14.3 Å². The van der Waals surface area contributed by atoms with Gasteiger partial charge in [0.15, 0.2) is 10.9 Å². The molecule has 0 atom stereocenters. The fraction of sp³-hybridized carbons (Fsp3) is 0.211. The van der Waals surface area contributed by atoms with Crippen molar-refractivity contribution in [2.45, 2.75) is 20.8 Å². The van der Waals surface area contributed by atoms with Crippen molar-refractivity contribution in [3.63, 3.8) is 0 Å². The summed E-state index contributed by atoms with van der Waals surface area (Å²) in [7, 11) is 0. The molecule has 0 saturated heterocycles. The molecule has 2 aliphatic heterocycles. The molecule has 10 nitrogen and oxygen atoms in total. The lowest BCUT2D eigenvalue weighted by atomic mass is 10.2. The molecule has 2 aliphatic rings. The van der Waals surface area contributed by atoms with Crippen LogP contribution in [0.1, 0.15) is 26.3 Å². The van der Waals surface area contributed by atoms with Gasteiger partial charge in [0.25, 0.3) is 5.69 Å². The normalized spacial score (nSPS) is 18.8. The summed E-state index contributed by atoms with van der Waals surface area (Å²) < 4.78 is 5.11. The third-order valence-corrected chi connectivity index (χ3v) is 4.75. The van der Waals surface area contributed by atoms with Crippen LogP contribution in [0.2, 0.25) is 0 Å². The van der Waals surface area contributed by atoms with Crippen LogP contribution < -0.4 is 0 Å². The monoisotopic (exact) mass is 427 g/mol. The van der Waals surface area contributed by atoms with Crippen LogP contribution in [0.4, 0.5) is 5.69 Å². The van der Waals surface area contributed by atoms with Gasteiger partial charge < -0.3 is 4.74 Å². The molecule has 1 aromatic rings. The van der Waals surface area contributed by atoms with Gasteiger partial charge in [-0.15, -0.1) is 0 Å². The van der Waals surface area contributed by atoms with Gasteiger partial charge in [-0.05, 0) is 30.9 Å². The third kappa shape index (κ3) is 4.35. The summed E-state index contributed by atoms with van der Waals surface area (Å²) in [5.74, 6) is -0.437. The summed E-state index contributed by atoms with van der Waals surface area (Å²) in [5.41, 5.74) is 0.806. The lowest BCUT2D eigenvalue weighted by molar-refractivity contribution is -0.385. The van der Waals surface area contributed by atoms with E-state index in [0.717, 1.165) is 0 Å². The average molecular weight is 427 g/mol. The number of thioether (sulfide) groups is 1. The minimum absolute atomic E-state index is 0.0302. The number of nitrogens with zero attached hydrogens (tertiary/aromatic N) is 5. The zero-order valence-corrected chi connectivity index (χ0v) is 17.2. The van der Waals surface area contributed by atoms with E-state index in [1.807, 2.05) is 6.92 Å². The van der Waals surface area contributed by atoms with Gasteiger partial charge in [0, 0.05) is 13.0 Å². The fourth-order valence-corrected chi connectivity index (χ4v) is 3.28. The number of amides is 1. The minimum atomic E-state index is -0.733. The van der Waals surface area contributed by atoms with Crippen LogP contribution in [0.15, 0.2) is 62.9 Å². The van der Waals surface area contributed by atoms with Gasteiger partial charge in [0.05, 0.1) is 16.3 Å². The van der Waals surface area contributed by atoms with E-state index in [2.05, 4.69) is 15.1 Å². The number of carbonyl (C=O) groups is 2. The molecule has 2 heterocycles. The fourth-order valence-electron chi connectivity index (χ4n) is 2.57. The number of esters is 1. The van der Waals surface area contributed by atoms with Gasteiger partial charge in [-0.25, -0.2) is 14.8 Å². The standard InChI is InChI=1S/C19H17N5O5S/c1-4-30-19-21-14(11(2)22-23(19)12(3)25)9-10-15-18(26)29-17(20-15)13-7-5-6-8-16(13)24(27)28/h5-10H,4H2,1-3H3/b14-9-,15-10-. The van der Waals surface area contributed by atoms with E-state index in [9.17, 15) is 19.7 Å². The number of benzene rings is 1. The molecule has 11 heteroatoms. The van der Waals surface area contributed by atoms with E-state index < -0.39 is 10.9 Å². The maximum absolute atomic E-state index is 12.2. The second kappa shape index (κ2) is 8.82. The van der Waals surface area contributed by atoms with Crippen LogP contribution in [0.3, 0.4) is 0 Å². The number of aliphatic imine (C=N–C) groups is 2. The van der Waals surface area contributed by atoms with Gasteiger partial charge >= 0.3 is 5.97 Å². The van der Waals surface area contributed by atoms with Gasteiger partial charge in [-0.3, -0.25) is 14.9 Å². The molecule has 3 rings (SSSR count). The maximum atomic E-state index is 12.2. The third-order valence-electron chi connectivity index (χ3n) is 3.94. The number of carbonyl (C=O) groups excluding carboxylic acids is 2. The summed E-state index contributed by atoms with van der Waals surface area (Å²) in [4.78, 5) is 43.1. The molecular formula is C19H17N5O5S. The number of nitro groups is 1. The largest absolute Gasteiger partial charge is 0.402 e. The molecule has 0 fully saturated rings. The minimum Gasteiger partial charge on any atom is -0.402 e. The Morgan fingerprint density at radius 1 is 1.27 bits per heavy atom. The maximum Gasteiger partial charge on any atom is 0.363 e. The van der Waals surface area contributed by atoms with Crippen molar-refractivity contribution >= 4 is 46.1 Å². The first-order chi connectivity index (χ1) is 14.3. The van der Waals surface area contributed by atoms with Crippen molar-refractivity contribution in [2.75, 3.05) is 5.75 Å². The second-order valence-corrected chi connectivity index (χ2v) is 7.26. The Morgan fingerprint density at radius 3 is 2.63 bits per heavy atom. The van der Waals surface area contributed by atoms with Crippen LogP contribution in [0, 0.1) is 10.1 Å². The van der Waals surface area contributed by atoms with Gasteiger partial charge in [-0.1, -0.05) is 30.8 Å². The zero-order valence-electron chi connectivity index (χ0n) is 16.4. The summed E-state index contributed by atoms with van der Waals surface area (Å²) >= 11 is 1.36. The smallest absolute Gasteiger partial charge is 0.363 e. The Kier molecular flexibility index (Phi) is 6.21. The number of hydrogen-bond acceptors (Lipinski definition) is 9. The van der Waals surface area contributed by atoms with Crippen molar-refractivity contribution in [2.24, 2.45) is 15.1 Å². The highest BCUT2D eigenvalue weighted by atomic mass is 32.2. The zero-order chi connectivity index (χ0) is 21.8. The van der Waals surface area contributed by atoms with Crippen molar-refractivity contribution < 1.29 is 19.2 Å². The molecule has 154 valence electrons. The highest BCUT2D eigenvalue weighted by Crippen LogP contribution is 2.25. The number of amidine groups is 1. The lowest BCUT2D eigenvalue weighted by Gasteiger charge is -2.22. The van der Waals surface area contributed by atoms with Crippen LogP contribution in [0.5, 0.6) is 0 Å². The second-order valence-electron chi connectivity index (χ2n) is 6.03. The molecule has 0 saturated carbocycles. The van der Waals surface area contributed by atoms with Crippen LogP contribution >= 0.6 is 11.8 Å². The number of rotatable bonds is 4. The van der Waals surface area contributed by atoms with Gasteiger partial charge in [0.1, 0.15) is 5.56 Å². The molecule has 0 unspecified atom stereocenters. The molecule has 0 bridgehead atoms. The summed E-state index contributed by atoms with van der Waals surface area (Å²) in [6.07, 6.45) is 2.94. The molecule has 30 heavy (non-hydrogen) atoms. The highest BCUT2D eigenvalue weighted by molar-refractivity contribution is 8.13. The van der Waals surface area contributed by atoms with Crippen LogP contribution in [-0.4, -0.2) is 44.3 Å². The number of hydrogen-bond donors (Lipinski definition) is 0. The quantitative estimate of drug-likeness (QED) is 0.315. The topological polar surface area (TPSA) is 127 Å². The molecule has 0 aliphatic carbocycles. The number of para-hydroxylation sites is 1. The molecule has 1 amide bonds. The van der Waals surface area contributed by atoms with Crippen molar-refractivity contribution in [3.05, 3.63) is 63.5 Å². The molecule has 0 radical (unpaired) electrons. The first-order valence-corrected chi connectivity index (χ1v) is 9.84. The number of ether oxygens (including phenoxy) is 1. The molecular weight excluding hydrogens is 410 g/mol. The van der Waals surface area contributed by atoms with E-state index in [0.29, 0.717) is 22.3 Å². The lowest BCUT2D eigenvalue weighted by Crippen LogP contribution is -2.32. The van der Waals surface area contributed by atoms with E-state index >= 15 is 0 Å². The molecule has 1 aromatic carbocycles. The predicted molar refractivity (Wildman–Crippen MR) is 113 cm³/mol. The van der Waals surface area contributed by atoms with Crippen molar-refractivity contribution in [3.8, 4) is 0 Å². The van der Waals surface area contributed by atoms with Crippen molar-refractivity contribution in [1.29, 1.82) is 0 Å². The van der Waals surface area contributed by atoms with Crippen molar-refractivity contribution in [1.82, 2.24) is 5.01 Å². The van der Waals surface area contributed by atoms with E-state index in [1.54, 1.807) is 13.0 Å². The summed E-state index contributed by atoms with van der Waals surface area (Å²) in [6.45, 7) is 5.01.